The van der Waals surface area contributed by atoms with Gasteiger partial charge in [-0.2, -0.15) is 0 Å². The molecule has 0 radical (unpaired) electrons. The zero-order valence-electron chi connectivity index (χ0n) is 73.0. The van der Waals surface area contributed by atoms with E-state index in [1.165, 1.54) is 18.7 Å². The summed E-state index contributed by atoms with van der Waals surface area (Å²) < 4.78 is 0. The molecule has 14 amide bonds. The maximum Gasteiger partial charge on any atom is 0.326 e. The Morgan fingerprint density at radius 2 is 0.850 bits per heavy atom. The van der Waals surface area contributed by atoms with Gasteiger partial charge in [0.15, 0.2) is 0 Å². The number of aliphatic hydroxyl groups excluding tert-OH is 1. The number of hydrogen-bond acceptors (Lipinski definition) is 20. The number of carbonyl (C=O) groups is 16. The van der Waals surface area contributed by atoms with E-state index in [1.807, 2.05) is 39.8 Å². The van der Waals surface area contributed by atoms with E-state index >= 15 is 0 Å². The number of carboxylic acids is 2. The van der Waals surface area contributed by atoms with Crippen molar-refractivity contribution in [2.24, 2.45) is 58.6 Å². The number of rotatable bonds is 55. The average molecular weight is 1690 g/mol. The quantitative estimate of drug-likeness (QED) is 0.0401. The third kappa shape index (κ3) is 36.2. The molecule has 0 unspecified atom stereocenters. The maximum absolute atomic E-state index is 15.0. The number of nitrogens with two attached hydrogens (primary N) is 3. The number of fused-ring (bicyclic) bond motifs is 1. The second-order valence-corrected chi connectivity index (χ2v) is 34.3. The number of carbonyl (C=O) groups excluding carboxylic acids is 14. The summed E-state index contributed by atoms with van der Waals surface area (Å²) in [5, 5.41) is 65.6. The number of hydrogen-bond donors (Lipinski definition) is 20. The monoisotopic (exact) mass is 1690 g/mol. The van der Waals surface area contributed by atoms with Gasteiger partial charge < -0.3 is 112 Å². The Morgan fingerprint density at radius 1 is 0.458 bits per heavy atom. The lowest BCUT2D eigenvalue weighted by Crippen LogP contribution is -2.61. The van der Waals surface area contributed by atoms with Crippen LogP contribution < -0.4 is 86.3 Å². The van der Waals surface area contributed by atoms with Crippen LogP contribution in [0.1, 0.15) is 219 Å². The summed E-state index contributed by atoms with van der Waals surface area (Å²) in [6.45, 7) is 27.3. The van der Waals surface area contributed by atoms with Crippen LogP contribution in [0.15, 0.2) is 30.5 Å². The highest BCUT2D eigenvalue weighted by Crippen LogP contribution is 2.23. The number of aromatic nitrogens is 1. The van der Waals surface area contributed by atoms with Gasteiger partial charge in [0, 0.05) is 30.1 Å². The van der Waals surface area contributed by atoms with Crippen LogP contribution in [0.3, 0.4) is 0 Å². The average Bonchev–Trinajstić information content (AvgIpc) is 1.66. The fourth-order valence-corrected chi connectivity index (χ4v) is 14.0. The molecule has 1 aromatic heterocycles. The number of amides is 14. The minimum atomic E-state index is -1.90. The fourth-order valence-electron chi connectivity index (χ4n) is 14.0. The molecule has 0 aliphatic carbocycles. The maximum atomic E-state index is 15.0. The largest absolute Gasteiger partial charge is 0.481 e. The van der Waals surface area contributed by atoms with Gasteiger partial charge in [0.1, 0.15) is 78.5 Å². The van der Waals surface area contributed by atoms with E-state index < -0.39 is 204 Å². The zero-order chi connectivity index (χ0) is 90.5. The van der Waals surface area contributed by atoms with Gasteiger partial charge in [0.05, 0.1) is 25.1 Å². The lowest BCUT2D eigenvalue weighted by molar-refractivity contribution is -0.149. The molecule has 37 heteroatoms. The molecule has 0 bridgehead atoms. The fraction of sp³-hybridized carbons (Fsp3) is 0.711. The lowest BCUT2D eigenvalue weighted by Gasteiger charge is -2.30. The van der Waals surface area contributed by atoms with Crippen molar-refractivity contribution in [1.82, 2.24) is 79.0 Å². The number of unbranched alkanes of at least 4 members (excludes halogenated alkanes) is 2. The molecule has 1 fully saturated rings. The number of nitrogens with one attached hydrogen (secondary N) is 14. The Labute approximate surface area is 705 Å². The molecule has 23 N–H and O–H groups in total. The number of para-hydroxylation sites is 1. The lowest BCUT2D eigenvalue weighted by atomic mass is 9.96. The van der Waals surface area contributed by atoms with Crippen LogP contribution in [0.5, 0.6) is 0 Å². The van der Waals surface area contributed by atoms with Gasteiger partial charge in [-0.25, -0.2) is 4.79 Å². The summed E-state index contributed by atoms with van der Waals surface area (Å²) in [5.74, 6) is -16.5. The number of aliphatic carboxylic acids is 2. The minimum absolute atomic E-state index is 0.0133. The molecule has 1 aliphatic rings. The number of carboxylic acid groups (broad SMARTS) is 2. The second kappa shape index (κ2) is 52.3. The highest BCUT2D eigenvalue weighted by atomic mass is 16.4. The van der Waals surface area contributed by atoms with Gasteiger partial charge >= 0.3 is 11.9 Å². The summed E-state index contributed by atoms with van der Waals surface area (Å²) in [5.41, 5.74) is 19.1. The molecule has 1 saturated heterocycles. The molecule has 0 spiro atoms. The Bertz CT molecular complexity index is 3740. The molecule has 676 valence electrons. The molecule has 2 heterocycles. The van der Waals surface area contributed by atoms with Crippen molar-refractivity contribution in [2.45, 2.75) is 311 Å². The summed E-state index contributed by atoms with van der Waals surface area (Å²) in [7, 11) is 0. The molecule has 2 aromatic rings. The van der Waals surface area contributed by atoms with E-state index in [-0.39, 0.29) is 119 Å². The zero-order valence-corrected chi connectivity index (χ0v) is 73.0. The van der Waals surface area contributed by atoms with Crippen LogP contribution in [0.4, 0.5) is 0 Å². The van der Waals surface area contributed by atoms with E-state index in [1.54, 1.807) is 87.6 Å². The van der Waals surface area contributed by atoms with Crippen molar-refractivity contribution in [3.8, 4) is 0 Å². The molecule has 1 aromatic carbocycles. The Kier molecular flexibility index (Phi) is 45.5. The van der Waals surface area contributed by atoms with E-state index in [0.717, 1.165) is 0 Å². The highest BCUT2D eigenvalue weighted by molar-refractivity contribution is 6.01. The van der Waals surface area contributed by atoms with Crippen molar-refractivity contribution in [3.05, 3.63) is 36.0 Å². The van der Waals surface area contributed by atoms with Crippen LogP contribution in [0, 0.1) is 41.4 Å². The van der Waals surface area contributed by atoms with Crippen molar-refractivity contribution in [1.29, 1.82) is 0 Å². The van der Waals surface area contributed by atoms with Gasteiger partial charge in [-0.05, 0) is 170 Å². The molecular formula is C83H140N18O19. The standard InChI is InChI=1S/C83H140N18O19/c1-17-49(14)68(81(117)98-63(39-52-41-87-55-26-19-18-25-53(52)55)77(113)91-56(27-20-22-30-84)71(107)89-50(15)82(118)101-32-24-29-65(101)83(119)120)99-72(108)57(28-21-23-31-85)92-74(110)59(35-45(6)7)96-78(114)64(40-67(104)105)97-76(112)61(37-47(10)11)95-75(111)60(36-46(8)9)94-73(109)58(34-44(4)5)90-66(103)42-88-80(116)69(51(16)102)100-79(115)62(38-48(12)13)93-70(106)54(86)33-43(2)3/h18-19,25-26,41,43-51,54,56-65,68-69,87,102H,17,20-24,27-40,42,84-86H2,1-16H3,(H,88,116)(H,89,107)(H,90,103)(H,91,113)(H,92,110)(H,93,106)(H,94,109)(H,95,111)(H,96,114)(H,97,112)(H,98,117)(H,99,108)(H,100,115)(H,104,105)(H,119,120)/t49-,50-,51+,54-,56-,57-,58-,59-,60-,61-,62-,63-,64-,65-,68-,69-/m0/s1. The molecule has 16 atom stereocenters. The molecule has 37 nitrogen and oxygen atoms in total. The third-order valence-electron chi connectivity index (χ3n) is 20.5. The molecule has 120 heavy (non-hydrogen) atoms. The minimum Gasteiger partial charge on any atom is -0.481 e. The van der Waals surface area contributed by atoms with E-state index in [4.69, 9.17) is 17.2 Å². The van der Waals surface area contributed by atoms with E-state index in [9.17, 15) is 92.0 Å². The predicted octanol–water partition coefficient (Wildman–Crippen LogP) is 0.503. The highest BCUT2D eigenvalue weighted by Gasteiger charge is 2.41. The number of likely N-dealkylation sites (tertiary alicyclic amines) is 1. The molecule has 1 aliphatic heterocycles. The summed E-state index contributed by atoms with van der Waals surface area (Å²) in [6, 6.07) is -11.8. The molecule has 0 saturated carbocycles. The van der Waals surface area contributed by atoms with Crippen molar-refractivity contribution in [2.75, 3.05) is 26.2 Å². The van der Waals surface area contributed by atoms with E-state index in [2.05, 4.69) is 74.1 Å². The number of aliphatic hydroxyl groups is 1. The first-order chi connectivity index (χ1) is 56.3. The van der Waals surface area contributed by atoms with Crippen molar-refractivity contribution in [3.63, 3.8) is 0 Å². The predicted molar refractivity (Wildman–Crippen MR) is 450 cm³/mol. The second-order valence-electron chi connectivity index (χ2n) is 34.3. The van der Waals surface area contributed by atoms with Crippen LogP contribution in [-0.2, 0) is 83.1 Å². The SMILES string of the molecule is CC[C@H](C)[C@H](NC(=O)[C@H](CCCCN)NC(=O)[C@H](CC(C)C)NC(=O)[C@H](CC(=O)O)NC(=O)[C@H](CC(C)C)NC(=O)[C@H](CC(C)C)NC(=O)[C@H](CC(C)C)NC(=O)CNC(=O)[C@@H](NC(=O)[C@H](CC(C)C)NC(=O)[C@@H](N)CC(C)C)[C@@H](C)O)C(=O)N[C@@H](Cc1c[nH]c2ccccc12)C(=O)N[C@@H](CCCCN)C(=O)N[C@@H](C)C(=O)N1CCC[C@H]1C(=O)O. The van der Waals surface area contributed by atoms with Gasteiger partial charge in [-0.15, -0.1) is 0 Å². The first-order valence-corrected chi connectivity index (χ1v) is 42.4. The number of aromatic amines is 1. The van der Waals surface area contributed by atoms with Gasteiger partial charge in [0.25, 0.3) is 0 Å². The van der Waals surface area contributed by atoms with Crippen molar-refractivity contribution >= 4 is 106 Å². The third-order valence-corrected chi connectivity index (χ3v) is 20.5. The first-order valence-electron chi connectivity index (χ1n) is 42.4. The Hall–Kier alpha value is -9.88. The van der Waals surface area contributed by atoms with Crippen LogP contribution in [0.2, 0.25) is 0 Å². The van der Waals surface area contributed by atoms with Crippen molar-refractivity contribution < 1.29 is 92.0 Å². The molecular weight excluding hydrogens is 1550 g/mol. The Balaban J connectivity index is 1.92. The summed E-state index contributed by atoms with van der Waals surface area (Å²) in [6.07, 6.45) is 1.74. The summed E-state index contributed by atoms with van der Waals surface area (Å²) >= 11 is 0. The smallest absolute Gasteiger partial charge is 0.326 e. The van der Waals surface area contributed by atoms with E-state index in [0.29, 0.717) is 55.0 Å². The van der Waals surface area contributed by atoms with Crippen LogP contribution in [-0.4, -0.2) is 237 Å². The topological polar surface area (TPSA) is 587 Å². The van der Waals surface area contributed by atoms with Gasteiger partial charge in [-0.1, -0.05) is 122 Å². The van der Waals surface area contributed by atoms with Gasteiger partial charge in [0.2, 0.25) is 82.7 Å². The van der Waals surface area contributed by atoms with Gasteiger partial charge in [-0.3, -0.25) is 71.9 Å². The molecule has 3 rings (SSSR count). The number of nitrogens with zero attached hydrogens (tertiary/aromatic N) is 1. The first kappa shape index (κ1) is 104. The van der Waals surface area contributed by atoms with Crippen LogP contribution >= 0.6 is 0 Å². The number of benzene rings is 1. The summed E-state index contributed by atoms with van der Waals surface area (Å²) in [4.78, 5) is 228. The number of H-pyrrole nitrogens is 1. The Morgan fingerprint density at radius 3 is 1.29 bits per heavy atom. The van der Waals surface area contributed by atoms with Crippen LogP contribution in [0.25, 0.3) is 10.9 Å². The normalized spacial score (nSPS) is 16.6.